The fourth-order valence-electron chi connectivity index (χ4n) is 3.46. The zero-order valence-electron chi connectivity index (χ0n) is 16.5. The lowest BCUT2D eigenvalue weighted by molar-refractivity contribution is -0.137. The van der Waals surface area contributed by atoms with Crippen molar-refractivity contribution in [3.05, 3.63) is 48.0 Å². The second-order valence-electron chi connectivity index (χ2n) is 7.26. The molecule has 7 heteroatoms. The van der Waals surface area contributed by atoms with Gasteiger partial charge in [0.1, 0.15) is 5.78 Å². The fourth-order valence-corrected chi connectivity index (χ4v) is 3.46. The van der Waals surface area contributed by atoms with Gasteiger partial charge in [0.15, 0.2) is 0 Å². The van der Waals surface area contributed by atoms with Crippen LogP contribution in [0, 0.1) is 11.8 Å². The Bertz CT molecular complexity index is 703. The van der Waals surface area contributed by atoms with Gasteiger partial charge in [-0.2, -0.15) is 0 Å². The predicted octanol–water partition coefficient (Wildman–Crippen LogP) is 2.72. The van der Waals surface area contributed by atoms with Crippen LogP contribution in [0.5, 0.6) is 0 Å². The molecule has 1 aliphatic rings. The number of ketones is 1. The van der Waals surface area contributed by atoms with E-state index >= 15 is 0 Å². The smallest absolute Gasteiger partial charge is 0.407 e. The lowest BCUT2D eigenvalue weighted by Gasteiger charge is -2.20. The quantitative estimate of drug-likeness (QED) is 0.387. The highest BCUT2D eigenvalue weighted by Crippen LogP contribution is 2.32. The van der Waals surface area contributed by atoms with E-state index in [1.54, 1.807) is 0 Å². The van der Waals surface area contributed by atoms with Gasteiger partial charge in [-0.3, -0.25) is 9.59 Å². The minimum absolute atomic E-state index is 0.0123. The number of nitrogens with one attached hydrogen (secondary N) is 1. The molecule has 0 heterocycles. The van der Waals surface area contributed by atoms with Crippen molar-refractivity contribution < 1.29 is 29.3 Å². The minimum atomic E-state index is -0.827. The van der Waals surface area contributed by atoms with Crippen LogP contribution in [-0.2, 0) is 20.7 Å². The van der Waals surface area contributed by atoms with Crippen LogP contribution in [0.1, 0.15) is 37.7 Å². The van der Waals surface area contributed by atoms with E-state index in [1.165, 1.54) is 0 Å². The number of benzene rings is 1. The van der Waals surface area contributed by atoms with Crippen LogP contribution in [0.15, 0.2) is 42.5 Å². The van der Waals surface area contributed by atoms with Gasteiger partial charge in [0.05, 0.1) is 12.7 Å². The maximum atomic E-state index is 12.2. The molecule has 158 valence electrons. The Hall–Kier alpha value is -2.67. The number of carboxylic acids is 1. The van der Waals surface area contributed by atoms with Gasteiger partial charge in [0.2, 0.25) is 0 Å². The highest BCUT2D eigenvalue weighted by Gasteiger charge is 2.41. The second-order valence-corrected chi connectivity index (χ2v) is 7.26. The molecule has 0 unspecified atom stereocenters. The zero-order chi connectivity index (χ0) is 21.1. The summed E-state index contributed by atoms with van der Waals surface area (Å²) in [7, 11) is 0. The van der Waals surface area contributed by atoms with Crippen LogP contribution in [0.4, 0.5) is 4.79 Å². The number of aliphatic hydroxyl groups excluding tert-OH is 1. The number of aliphatic hydroxyl groups is 1. The van der Waals surface area contributed by atoms with E-state index in [1.807, 2.05) is 42.5 Å². The molecule has 0 bridgehead atoms. The van der Waals surface area contributed by atoms with Gasteiger partial charge < -0.3 is 20.3 Å². The highest BCUT2D eigenvalue weighted by molar-refractivity contribution is 5.84. The summed E-state index contributed by atoms with van der Waals surface area (Å²) >= 11 is 0. The first-order valence-corrected chi connectivity index (χ1v) is 9.99. The molecule has 1 saturated carbocycles. The van der Waals surface area contributed by atoms with E-state index in [-0.39, 0.29) is 25.2 Å². The first-order chi connectivity index (χ1) is 14.0. The number of carbonyl (C=O) groups is 3. The lowest BCUT2D eigenvalue weighted by Crippen LogP contribution is -2.32. The average Bonchev–Trinajstić information content (AvgIpc) is 2.96. The third kappa shape index (κ3) is 8.07. The number of carbonyl (C=O) groups excluding carboxylic acids is 2. The van der Waals surface area contributed by atoms with Crippen LogP contribution < -0.4 is 5.32 Å². The molecule has 0 aromatic heterocycles. The molecule has 29 heavy (non-hydrogen) atoms. The monoisotopic (exact) mass is 403 g/mol. The van der Waals surface area contributed by atoms with Crippen molar-refractivity contribution in [2.24, 2.45) is 11.8 Å². The molecule has 0 spiro atoms. The van der Waals surface area contributed by atoms with Crippen LogP contribution in [0.25, 0.3) is 0 Å². The van der Waals surface area contributed by atoms with Crippen molar-refractivity contribution in [1.29, 1.82) is 0 Å². The average molecular weight is 403 g/mol. The molecule has 0 saturated heterocycles. The molecule has 3 N–H and O–H groups in total. The number of rotatable bonds is 11. The predicted molar refractivity (Wildman–Crippen MR) is 107 cm³/mol. The Morgan fingerprint density at radius 1 is 1.21 bits per heavy atom. The summed E-state index contributed by atoms with van der Waals surface area (Å²) in [6.07, 6.45) is 4.82. The Morgan fingerprint density at radius 3 is 2.69 bits per heavy atom. The normalized spacial score (nSPS) is 21.4. The first-order valence-electron chi connectivity index (χ1n) is 9.99. The van der Waals surface area contributed by atoms with Crippen LogP contribution >= 0.6 is 0 Å². The number of alkyl carbamates (subject to hydrolysis) is 1. The molecule has 0 aliphatic heterocycles. The topological polar surface area (TPSA) is 113 Å². The van der Waals surface area contributed by atoms with E-state index in [4.69, 9.17) is 9.84 Å². The Balaban J connectivity index is 1.71. The number of hydrogen-bond donors (Lipinski definition) is 3. The molecule has 1 amide bonds. The fraction of sp³-hybridized carbons (Fsp3) is 0.500. The molecule has 7 nitrogen and oxygen atoms in total. The van der Waals surface area contributed by atoms with Gasteiger partial charge in [0.25, 0.3) is 0 Å². The van der Waals surface area contributed by atoms with Crippen molar-refractivity contribution in [3.63, 3.8) is 0 Å². The minimum Gasteiger partial charge on any atom is -0.481 e. The van der Waals surface area contributed by atoms with Crippen molar-refractivity contribution in [3.8, 4) is 0 Å². The van der Waals surface area contributed by atoms with Gasteiger partial charge in [-0.1, -0.05) is 42.5 Å². The molecule has 1 aliphatic carbocycles. The summed E-state index contributed by atoms with van der Waals surface area (Å²) < 4.78 is 5.23. The van der Waals surface area contributed by atoms with Crippen molar-refractivity contribution in [2.75, 3.05) is 13.2 Å². The van der Waals surface area contributed by atoms with E-state index < -0.39 is 30.0 Å². The number of Topliss-reactive ketones (excluding diaryl/α,β-unsaturated/α-hetero) is 1. The molecular weight excluding hydrogens is 374 g/mol. The number of unbranched alkanes of at least 4 members (excludes halogenated alkanes) is 1. The lowest BCUT2D eigenvalue weighted by atomic mass is 9.91. The summed E-state index contributed by atoms with van der Waals surface area (Å²) in [5.74, 6) is -1.68. The van der Waals surface area contributed by atoms with Crippen molar-refractivity contribution >= 4 is 17.8 Å². The summed E-state index contributed by atoms with van der Waals surface area (Å²) in [4.78, 5) is 34.5. The highest BCUT2D eigenvalue weighted by atomic mass is 16.5. The number of allylic oxidation sites excluding steroid dienone is 2. The Labute approximate surface area is 170 Å². The largest absolute Gasteiger partial charge is 0.481 e. The van der Waals surface area contributed by atoms with E-state index in [2.05, 4.69) is 5.32 Å². The molecule has 1 aromatic carbocycles. The zero-order valence-corrected chi connectivity index (χ0v) is 16.5. The van der Waals surface area contributed by atoms with E-state index in [0.29, 0.717) is 32.2 Å². The molecule has 1 fully saturated rings. The van der Waals surface area contributed by atoms with Crippen LogP contribution in [0.3, 0.4) is 0 Å². The van der Waals surface area contributed by atoms with Gasteiger partial charge in [-0.25, -0.2) is 4.79 Å². The SMILES string of the molecule is O=C(O)CCCC=CC[C@H]1C(=O)C[C@@H](O)[C@@H]1COC(=O)NCCc1ccccc1. The maximum absolute atomic E-state index is 12.2. The number of hydrogen-bond acceptors (Lipinski definition) is 5. The number of amides is 1. The standard InChI is InChI=1S/C22H29NO6/c24-19-14-20(25)18(17(19)10-6-1-2-7-11-21(26)27)15-29-22(28)23-13-12-16-8-4-3-5-9-16/h1,3-6,8-9,17-18,20,25H,2,7,10-15H2,(H,23,28)(H,26,27)/t17-,18-,20-/m1/s1. The second kappa shape index (κ2) is 12.0. The first kappa shape index (κ1) is 22.6. The molecule has 1 aromatic rings. The van der Waals surface area contributed by atoms with Crippen molar-refractivity contribution in [2.45, 2.75) is 44.6 Å². The number of carboxylic acid groups (broad SMARTS) is 1. The molecular formula is C22H29NO6. The van der Waals surface area contributed by atoms with Gasteiger partial charge in [0, 0.05) is 31.2 Å². The summed E-state index contributed by atoms with van der Waals surface area (Å²) in [5, 5.41) is 21.4. The third-order valence-electron chi connectivity index (χ3n) is 5.09. The van der Waals surface area contributed by atoms with Crippen LogP contribution in [-0.4, -0.2) is 47.3 Å². The third-order valence-corrected chi connectivity index (χ3v) is 5.09. The maximum Gasteiger partial charge on any atom is 0.407 e. The van der Waals surface area contributed by atoms with E-state index in [0.717, 1.165) is 5.56 Å². The van der Waals surface area contributed by atoms with Crippen molar-refractivity contribution in [1.82, 2.24) is 5.32 Å². The summed E-state index contributed by atoms with van der Waals surface area (Å²) in [5.41, 5.74) is 1.11. The van der Waals surface area contributed by atoms with Crippen LogP contribution in [0.2, 0.25) is 0 Å². The van der Waals surface area contributed by atoms with Gasteiger partial charge in [-0.15, -0.1) is 0 Å². The summed E-state index contributed by atoms with van der Waals surface area (Å²) in [6.45, 7) is 0.430. The number of aliphatic carboxylic acids is 1. The molecule has 0 radical (unpaired) electrons. The van der Waals surface area contributed by atoms with E-state index in [9.17, 15) is 19.5 Å². The molecule has 2 rings (SSSR count). The van der Waals surface area contributed by atoms with Gasteiger partial charge in [-0.05, 0) is 31.2 Å². The van der Waals surface area contributed by atoms with Gasteiger partial charge >= 0.3 is 12.1 Å². The summed E-state index contributed by atoms with van der Waals surface area (Å²) in [6, 6.07) is 9.77. The Kier molecular flexibility index (Phi) is 9.37. The Morgan fingerprint density at radius 2 is 1.97 bits per heavy atom. The molecule has 3 atom stereocenters. The number of ether oxygens (including phenoxy) is 1.